The molecule has 4 rings (SSSR count). The molecule has 14 unspecified atom stereocenters. The third-order valence-electron chi connectivity index (χ3n) is 16.2. The first-order valence-corrected chi connectivity index (χ1v) is 30.7. The van der Waals surface area contributed by atoms with Gasteiger partial charge in [-0.1, -0.05) is 173 Å². The molecular weight excluding hydrogens is 1270 g/mol. The molecule has 13 N–H and O–H groups in total. The zero-order valence-corrected chi connectivity index (χ0v) is 53.8. The van der Waals surface area contributed by atoms with Crippen LogP contribution in [-0.2, 0) is 42.7 Å². The molecule has 0 aromatic heterocycles. The summed E-state index contributed by atoms with van der Waals surface area (Å²) in [7, 11) is 0. The van der Waals surface area contributed by atoms with E-state index in [-0.39, 0.29) is 56.4 Å². The first-order chi connectivity index (χ1) is 38.5. The van der Waals surface area contributed by atoms with E-state index in [2.05, 4.69) is 19.2 Å². The number of aliphatic hydroxyl groups is 11. The van der Waals surface area contributed by atoms with E-state index in [4.69, 9.17) is 37.9 Å². The van der Waals surface area contributed by atoms with Crippen molar-refractivity contribution in [2.75, 3.05) is 19.8 Å². The van der Waals surface area contributed by atoms with Gasteiger partial charge >= 0.3 is 0 Å². The van der Waals surface area contributed by atoms with Crippen molar-refractivity contribution >= 4 is 5.91 Å². The van der Waals surface area contributed by atoms with E-state index in [0.29, 0.717) is 12.8 Å². The van der Waals surface area contributed by atoms with Gasteiger partial charge in [-0.2, -0.15) is 0 Å². The predicted octanol–water partition coefficient (Wildman–Crippen LogP) is 3.97. The Hall–Kier alpha value is -0.148. The average Bonchev–Trinajstić information content (AvgIpc) is 3.58. The van der Waals surface area contributed by atoms with Gasteiger partial charge < -0.3 is 105 Å². The zero-order valence-electron chi connectivity index (χ0n) is 49.0. The minimum absolute atomic E-state index is 0. The van der Waals surface area contributed by atoms with Crippen molar-refractivity contribution in [3.63, 3.8) is 0 Å². The van der Waals surface area contributed by atoms with Gasteiger partial charge in [0, 0.05) is 50.5 Å². The smallest absolute Gasteiger partial charge is 0.220 e. The second-order valence-electron chi connectivity index (χ2n) is 22.9. The van der Waals surface area contributed by atoms with E-state index in [9.17, 15) is 66.7 Å². The third-order valence-corrected chi connectivity index (χ3v) is 16.2. The number of carbonyl (C=O) groups is 1. The molecule has 0 aliphatic carbocycles. The van der Waals surface area contributed by atoms with Gasteiger partial charge in [-0.15, -0.1) is 0 Å². The van der Waals surface area contributed by atoms with E-state index in [1.165, 1.54) is 117 Å². The summed E-state index contributed by atoms with van der Waals surface area (Å²) in [6.07, 6.45) is -0.274. The van der Waals surface area contributed by atoms with Gasteiger partial charge in [-0.25, -0.2) is 0 Å². The van der Waals surface area contributed by atoms with Gasteiger partial charge in [-0.3, -0.25) is 4.79 Å². The first-order valence-electron chi connectivity index (χ1n) is 30.7. The van der Waals surface area contributed by atoms with Crippen molar-refractivity contribution in [1.29, 1.82) is 0 Å². The Labute approximate surface area is 518 Å². The van der Waals surface area contributed by atoms with E-state index in [0.717, 1.165) is 44.9 Å². The van der Waals surface area contributed by atoms with Gasteiger partial charge in [-0.05, 0) is 33.1 Å². The number of allylic oxidation sites excluding steroid dienone is 1. The number of carbonyl (C=O) groups excluding carboxylic acids is 1. The molecule has 0 aromatic rings. The van der Waals surface area contributed by atoms with Crippen molar-refractivity contribution in [1.82, 2.24) is 5.32 Å². The molecule has 0 aromatic carbocycles. The van der Waals surface area contributed by atoms with Crippen LogP contribution in [0.4, 0.5) is 0 Å². The van der Waals surface area contributed by atoms with Gasteiger partial charge in [0.15, 0.2) is 18.9 Å². The molecule has 81 heavy (non-hydrogen) atoms. The topological polar surface area (TPSA) is 349 Å². The van der Waals surface area contributed by atoms with E-state index in [1.807, 2.05) is 6.08 Å². The zero-order chi connectivity index (χ0) is 58.6. The summed E-state index contributed by atoms with van der Waals surface area (Å²) in [5.41, 5.74) is 9.54. The van der Waals surface area contributed by atoms with Crippen LogP contribution in [0.5, 0.6) is 0 Å². The normalized spacial score (nSPS) is 35.4. The second kappa shape index (κ2) is 41.9. The van der Waals surface area contributed by atoms with Crippen LogP contribution in [0.25, 0.3) is 5.73 Å². The Morgan fingerprint density at radius 1 is 0.506 bits per heavy atom. The molecule has 0 spiro atoms. The molecule has 1 amide bonds. The summed E-state index contributed by atoms with van der Waals surface area (Å²) in [6, 6.07) is -2.74. The molecule has 22 atom stereocenters. The molecule has 473 valence electrons. The average molecular weight is 1380 g/mol. The molecule has 1 radical (unpaired) electrons. The molecule has 0 saturated carbocycles. The van der Waals surface area contributed by atoms with Gasteiger partial charge in [0.1, 0.15) is 79.5 Å². The van der Waals surface area contributed by atoms with Crippen molar-refractivity contribution in [3.8, 4) is 0 Å². The van der Waals surface area contributed by atoms with Crippen LogP contribution in [0.1, 0.15) is 195 Å². The number of ether oxygens (including phenoxy) is 8. The fraction of sp³-hybridized carbons (Fsp3) is 0.948. The van der Waals surface area contributed by atoms with Crippen LogP contribution in [0.3, 0.4) is 0 Å². The molecule has 4 aliphatic heterocycles. The van der Waals surface area contributed by atoms with E-state index in [1.54, 1.807) is 6.08 Å². The Morgan fingerprint density at radius 3 is 1.40 bits per heavy atom. The van der Waals surface area contributed by atoms with Crippen LogP contribution in [0.15, 0.2) is 12.2 Å². The van der Waals surface area contributed by atoms with E-state index < -0.39 is 155 Å². The quantitative estimate of drug-likeness (QED) is 0.0305. The van der Waals surface area contributed by atoms with Crippen molar-refractivity contribution in [2.45, 2.75) is 330 Å². The van der Waals surface area contributed by atoms with Gasteiger partial charge in [0.25, 0.3) is 0 Å². The maximum absolute atomic E-state index is 13.5. The molecular formula is C58H107AcN2O20-. The number of aliphatic hydroxyl groups excluding tert-OH is 11. The van der Waals surface area contributed by atoms with Crippen molar-refractivity contribution in [2.24, 2.45) is 0 Å². The molecule has 22 nitrogen and oxygen atoms in total. The summed E-state index contributed by atoms with van der Waals surface area (Å²) in [5, 5.41) is 122. The number of hydrogen-bond donors (Lipinski definition) is 12. The number of rotatable bonds is 40. The fourth-order valence-electron chi connectivity index (χ4n) is 10.9. The summed E-state index contributed by atoms with van der Waals surface area (Å²) in [6.45, 7) is 5.13. The first kappa shape index (κ1) is 75.1. The summed E-state index contributed by atoms with van der Waals surface area (Å²) in [4.78, 5) is 13.5. The van der Waals surface area contributed by atoms with Crippen LogP contribution in [0.2, 0.25) is 0 Å². The predicted molar refractivity (Wildman–Crippen MR) is 295 cm³/mol. The largest absolute Gasteiger partial charge is 0.668 e. The van der Waals surface area contributed by atoms with Crippen molar-refractivity contribution in [3.05, 3.63) is 17.9 Å². The molecule has 4 aliphatic rings. The SMILES string of the molecule is CCCCCCCCCCCCC/C=C/C(O)C(CO[C@@H]1OC(CO)[C@H](O[C@@H]2OC(CO)[C@H](O)C(O)C2O[C@@H]2OC(C)[C@H](O)C(O)C2O)C(O[C@H]2OC(C)[C@@H](O)C(O)C2O)C1[NH-])NC(=O)CCCCCCCCCCCCCCC.[Ac]. The van der Waals surface area contributed by atoms with Crippen LogP contribution in [-0.4, -0.2) is 217 Å². The maximum Gasteiger partial charge on any atom is 0.220 e. The molecule has 23 heteroatoms. The molecule has 4 fully saturated rings. The number of unbranched alkanes of at least 4 members (excludes halogenated alkanes) is 23. The fourth-order valence-corrected chi connectivity index (χ4v) is 10.9. The monoisotopic (exact) mass is 1380 g/mol. The maximum atomic E-state index is 13.5. The van der Waals surface area contributed by atoms with Crippen LogP contribution < -0.4 is 5.32 Å². The summed E-state index contributed by atoms with van der Waals surface area (Å²) in [5.74, 6) is -0.309. The molecule has 4 heterocycles. The molecule has 4 saturated heterocycles. The van der Waals surface area contributed by atoms with Crippen LogP contribution in [0, 0.1) is 44.1 Å². The standard InChI is InChI=1S/C58H107N2O20.Ac/c1-5-7-9-11-13-15-17-19-21-23-25-27-29-31-39(63)38(60-42(64)32-30-28-26-24-22-20-18-16-14-12-10-8-6-2)35-73-55-43(59)53(79-56-50(71)47(68)44(65)36(3)74-56)52(41(34-62)77-55)78-58-54(49(70)46(67)40(33-61)76-58)80-57-51(72)48(69)45(66)37(4)75-57;/h29,31,36-41,43-59,61-63,65-72H,5-28,30,32-35H2,1-4H3,(H,60,64);/q-1;/b31-29+;/t36?,37?,38?,39?,40?,41?,43?,44-,45+,46+,47?,48?,49?,50?,51?,52+,53?,54?,55-,56-,57+,58+;/m1./s1. The number of amides is 1. The van der Waals surface area contributed by atoms with E-state index >= 15 is 0 Å². The minimum atomic E-state index is -1.95. The Bertz CT molecular complexity index is 1650. The Kier molecular flexibility index (Phi) is 38.9. The summed E-state index contributed by atoms with van der Waals surface area (Å²) >= 11 is 0. The number of hydrogen-bond acceptors (Lipinski definition) is 20. The van der Waals surface area contributed by atoms with Gasteiger partial charge in [0.2, 0.25) is 5.91 Å². The minimum Gasteiger partial charge on any atom is -0.668 e. The Morgan fingerprint density at radius 2 is 0.926 bits per heavy atom. The Balaban J connectivity index is 0.0000172. The van der Waals surface area contributed by atoms with Crippen LogP contribution >= 0.6 is 0 Å². The summed E-state index contributed by atoms with van der Waals surface area (Å²) < 4.78 is 48.1. The van der Waals surface area contributed by atoms with Crippen molar-refractivity contribution < 1.29 is 143 Å². The second-order valence-corrected chi connectivity index (χ2v) is 22.9. The number of nitrogens with one attached hydrogen (secondary N) is 2. The molecule has 0 bridgehead atoms. The van der Waals surface area contributed by atoms with Gasteiger partial charge in [0.05, 0.1) is 50.3 Å². The third kappa shape index (κ3) is 25.1.